The van der Waals surface area contributed by atoms with E-state index in [1.54, 1.807) is 79.7 Å². The third-order valence-electron chi connectivity index (χ3n) is 8.32. The van der Waals surface area contributed by atoms with Gasteiger partial charge in [0.05, 0.1) is 18.6 Å². The van der Waals surface area contributed by atoms with Crippen LogP contribution in [0.5, 0.6) is 0 Å². The number of hydrogen-bond donors (Lipinski definition) is 1. The van der Waals surface area contributed by atoms with E-state index in [4.69, 9.17) is 27.9 Å². The fourth-order valence-corrected chi connectivity index (χ4v) is 6.70. The predicted molar refractivity (Wildman–Crippen MR) is 162 cm³/mol. The second kappa shape index (κ2) is 12.1. The second-order valence-corrected chi connectivity index (χ2v) is 11.4. The Morgan fingerprint density at radius 2 is 1.38 bits per heavy atom. The molecule has 5 rings (SSSR count). The number of halogens is 2. The van der Waals surface area contributed by atoms with Crippen LogP contribution in [0.15, 0.2) is 109 Å². The van der Waals surface area contributed by atoms with Crippen molar-refractivity contribution in [3.8, 4) is 6.07 Å². The standard InChI is InChI=1S/C35H29Cl2NO4/c1-2-42-33(40)34(22-38)29(23-9-5-3-6-10-23)21-35(41,26-15-19-28(37)20-16-26)31(30(34)24-11-7-4-8-12-24)32(39)25-13-17-27(36)18-14-25/h3-20,29-31,41H,2,21H2,1H3/t29-,30+,31+,34+,35-/m0/s1. The molecule has 1 N–H and O–H groups in total. The van der Waals surface area contributed by atoms with Gasteiger partial charge in [-0.2, -0.15) is 5.26 Å². The van der Waals surface area contributed by atoms with Gasteiger partial charge in [0, 0.05) is 27.4 Å². The highest BCUT2D eigenvalue weighted by molar-refractivity contribution is 6.31. The van der Waals surface area contributed by atoms with E-state index >= 15 is 0 Å². The van der Waals surface area contributed by atoms with Crippen LogP contribution < -0.4 is 0 Å². The average molecular weight is 599 g/mol. The number of esters is 1. The first kappa shape index (κ1) is 29.5. The highest BCUT2D eigenvalue weighted by Gasteiger charge is 2.67. The average Bonchev–Trinajstić information content (AvgIpc) is 3.02. The minimum atomic E-state index is -1.86. The number of carbonyl (C=O) groups is 2. The first-order chi connectivity index (χ1) is 20.3. The zero-order chi connectivity index (χ0) is 29.9. The van der Waals surface area contributed by atoms with Crippen LogP contribution in [0.4, 0.5) is 0 Å². The maximum Gasteiger partial charge on any atom is 0.327 e. The van der Waals surface area contributed by atoms with Crippen molar-refractivity contribution in [2.75, 3.05) is 6.61 Å². The molecule has 7 heteroatoms. The lowest BCUT2D eigenvalue weighted by molar-refractivity contribution is -0.164. The number of benzene rings is 4. The normalized spacial score (nSPS) is 25.3. The van der Waals surface area contributed by atoms with E-state index in [1.165, 1.54) is 0 Å². The summed E-state index contributed by atoms with van der Waals surface area (Å²) in [7, 11) is 0. The summed E-state index contributed by atoms with van der Waals surface area (Å²) in [5.41, 5.74) is -1.67. The van der Waals surface area contributed by atoms with E-state index in [1.807, 2.05) is 36.4 Å². The van der Waals surface area contributed by atoms with Crippen LogP contribution in [0.3, 0.4) is 0 Å². The Morgan fingerprint density at radius 3 is 1.90 bits per heavy atom. The molecule has 1 saturated carbocycles. The molecule has 0 radical (unpaired) electrons. The van der Waals surface area contributed by atoms with Gasteiger partial charge >= 0.3 is 5.97 Å². The summed E-state index contributed by atoms with van der Waals surface area (Å²) in [5.74, 6) is -4.34. The number of carbonyl (C=O) groups excluding carboxylic acids is 2. The fourth-order valence-electron chi connectivity index (χ4n) is 6.45. The second-order valence-electron chi connectivity index (χ2n) is 10.5. The molecule has 212 valence electrons. The largest absolute Gasteiger partial charge is 0.465 e. The predicted octanol–water partition coefficient (Wildman–Crippen LogP) is 7.72. The van der Waals surface area contributed by atoms with Gasteiger partial charge in [0.1, 0.15) is 5.60 Å². The summed E-state index contributed by atoms with van der Waals surface area (Å²) in [5, 5.41) is 25.0. The molecule has 0 bridgehead atoms. The zero-order valence-corrected chi connectivity index (χ0v) is 24.4. The smallest absolute Gasteiger partial charge is 0.327 e. The van der Waals surface area contributed by atoms with Crippen LogP contribution in [-0.2, 0) is 15.1 Å². The van der Waals surface area contributed by atoms with Gasteiger partial charge in [0.15, 0.2) is 11.2 Å². The summed E-state index contributed by atoms with van der Waals surface area (Å²) < 4.78 is 5.63. The minimum absolute atomic E-state index is 0.0442. The van der Waals surface area contributed by atoms with Crippen molar-refractivity contribution in [2.24, 2.45) is 11.3 Å². The van der Waals surface area contributed by atoms with Gasteiger partial charge in [0.2, 0.25) is 0 Å². The number of nitriles is 1. The van der Waals surface area contributed by atoms with Gasteiger partial charge in [-0.1, -0.05) is 96.0 Å². The molecule has 0 spiro atoms. The number of ketones is 1. The Balaban J connectivity index is 1.88. The molecule has 1 fully saturated rings. The van der Waals surface area contributed by atoms with E-state index in [0.717, 1.165) is 0 Å². The molecule has 0 amide bonds. The Hall–Kier alpha value is -3.95. The molecule has 5 atom stereocenters. The lowest BCUT2D eigenvalue weighted by Gasteiger charge is -2.54. The van der Waals surface area contributed by atoms with Gasteiger partial charge in [0.25, 0.3) is 0 Å². The van der Waals surface area contributed by atoms with Crippen molar-refractivity contribution >= 4 is 35.0 Å². The molecule has 0 aromatic heterocycles. The van der Waals surface area contributed by atoms with Crippen molar-refractivity contribution in [3.63, 3.8) is 0 Å². The Labute approximate surface area is 255 Å². The SMILES string of the molecule is CCOC(=O)[C@@]1(C#N)[C@H](c2ccccc2)[C@H](C(=O)c2ccc(Cl)cc2)[C@@](O)(c2ccc(Cl)cc2)C[C@H]1c1ccccc1. The van der Waals surface area contributed by atoms with Crippen LogP contribution in [-0.4, -0.2) is 23.5 Å². The van der Waals surface area contributed by atoms with Gasteiger partial charge in [-0.05, 0) is 66.4 Å². The highest BCUT2D eigenvalue weighted by Crippen LogP contribution is 2.63. The summed E-state index contributed by atoms with van der Waals surface area (Å²) in [6.07, 6.45) is -0.0989. The van der Waals surface area contributed by atoms with Gasteiger partial charge < -0.3 is 9.84 Å². The van der Waals surface area contributed by atoms with E-state index in [-0.39, 0.29) is 13.0 Å². The molecule has 1 aliphatic rings. The van der Waals surface area contributed by atoms with Crippen molar-refractivity contribution in [1.82, 2.24) is 0 Å². The third kappa shape index (κ3) is 5.12. The number of aliphatic hydroxyl groups is 1. The summed E-state index contributed by atoms with van der Waals surface area (Å²) in [6, 6.07) is 33.6. The van der Waals surface area contributed by atoms with Gasteiger partial charge in [-0.3, -0.25) is 9.59 Å². The molecule has 4 aromatic carbocycles. The number of rotatable bonds is 7. The Bertz CT molecular complexity index is 1600. The molecule has 0 saturated heterocycles. The van der Waals surface area contributed by atoms with E-state index in [0.29, 0.717) is 32.3 Å². The topological polar surface area (TPSA) is 87.4 Å². The van der Waals surface area contributed by atoms with Crippen molar-refractivity contribution in [3.05, 3.63) is 141 Å². The number of nitrogens with zero attached hydrogens (tertiary/aromatic N) is 1. The molecule has 42 heavy (non-hydrogen) atoms. The maximum absolute atomic E-state index is 14.7. The fraction of sp³-hybridized carbons (Fsp3) is 0.229. The first-order valence-electron chi connectivity index (χ1n) is 13.7. The third-order valence-corrected chi connectivity index (χ3v) is 8.82. The highest BCUT2D eigenvalue weighted by atomic mass is 35.5. The van der Waals surface area contributed by atoms with Gasteiger partial charge in [-0.25, -0.2) is 0 Å². The molecule has 1 aliphatic carbocycles. The molecular formula is C35H29Cl2NO4. The molecule has 0 heterocycles. The Morgan fingerprint density at radius 1 is 0.857 bits per heavy atom. The maximum atomic E-state index is 14.7. The molecule has 0 unspecified atom stereocenters. The molecular weight excluding hydrogens is 569 g/mol. The van der Waals surface area contributed by atoms with Crippen molar-refractivity contribution < 1.29 is 19.4 Å². The van der Waals surface area contributed by atoms with E-state index in [9.17, 15) is 20.0 Å². The Kier molecular flexibility index (Phi) is 8.52. The van der Waals surface area contributed by atoms with E-state index in [2.05, 4.69) is 6.07 Å². The van der Waals surface area contributed by atoms with Crippen molar-refractivity contribution in [2.45, 2.75) is 30.8 Å². The van der Waals surface area contributed by atoms with Crippen LogP contribution in [0, 0.1) is 22.7 Å². The number of ether oxygens (including phenoxy) is 1. The van der Waals surface area contributed by atoms with Crippen LogP contribution in [0.2, 0.25) is 10.0 Å². The molecule has 4 aromatic rings. The summed E-state index contributed by atoms with van der Waals surface area (Å²) >= 11 is 12.4. The monoisotopic (exact) mass is 597 g/mol. The van der Waals surface area contributed by atoms with Crippen LogP contribution >= 0.6 is 23.2 Å². The summed E-state index contributed by atoms with van der Waals surface area (Å²) in [6.45, 7) is 1.73. The van der Waals surface area contributed by atoms with Crippen LogP contribution in [0.1, 0.15) is 52.2 Å². The lowest BCUT2D eigenvalue weighted by Crippen LogP contribution is -2.59. The first-order valence-corrected chi connectivity index (χ1v) is 14.5. The van der Waals surface area contributed by atoms with Crippen LogP contribution in [0.25, 0.3) is 0 Å². The molecule has 5 nitrogen and oxygen atoms in total. The van der Waals surface area contributed by atoms with Gasteiger partial charge in [-0.15, -0.1) is 0 Å². The zero-order valence-electron chi connectivity index (χ0n) is 22.9. The lowest BCUT2D eigenvalue weighted by atomic mass is 9.47. The van der Waals surface area contributed by atoms with Crippen molar-refractivity contribution in [1.29, 1.82) is 5.26 Å². The number of hydrogen-bond acceptors (Lipinski definition) is 5. The van der Waals surface area contributed by atoms with E-state index < -0.39 is 40.5 Å². The number of Topliss-reactive ketones (excluding diaryl/α,β-unsaturated/α-hetero) is 1. The molecule has 0 aliphatic heterocycles. The minimum Gasteiger partial charge on any atom is -0.465 e. The summed E-state index contributed by atoms with van der Waals surface area (Å²) in [4.78, 5) is 28.9. The quantitative estimate of drug-likeness (QED) is 0.174.